The molecule has 0 bridgehead atoms. The topological polar surface area (TPSA) is 86.8 Å². The molecule has 208 valence electrons. The van der Waals surface area contributed by atoms with Gasteiger partial charge in [0.25, 0.3) is 0 Å². The number of sulfonamides is 1. The molecule has 3 rings (SSSR count). The highest BCUT2D eigenvalue weighted by atomic mass is 35.5. The van der Waals surface area contributed by atoms with Gasteiger partial charge in [-0.2, -0.15) is 0 Å². The van der Waals surface area contributed by atoms with E-state index in [0.29, 0.717) is 27.2 Å². The van der Waals surface area contributed by atoms with Gasteiger partial charge in [0.05, 0.1) is 11.9 Å². The van der Waals surface area contributed by atoms with E-state index >= 15 is 0 Å². The molecule has 0 aromatic heterocycles. The second kappa shape index (κ2) is 13.5. The van der Waals surface area contributed by atoms with Gasteiger partial charge in [-0.15, -0.1) is 0 Å². The molecule has 0 unspecified atom stereocenters. The molecule has 1 N–H and O–H groups in total. The quantitative estimate of drug-likeness (QED) is 0.311. The summed E-state index contributed by atoms with van der Waals surface area (Å²) in [5, 5.41) is 3.91. The molecule has 0 saturated carbocycles. The summed E-state index contributed by atoms with van der Waals surface area (Å²) in [6, 6.07) is 18.0. The summed E-state index contributed by atoms with van der Waals surface area (Å²) in [5.74, 6) is -0.959. The Kier molecular flexibility index (Phi) is 10.7. The maximum atomic E-state index is 14.0. The number of benzene rings is 3. The van der Waals surface area contributed by atoms with E-state index in [-0.39, 0.29) is 24.6 Å². The molecule has 39 heavy (non-hydrogen) atoms. The highest BCUT2D eigenvalue weighted by Gasteiger charge is 2.33. The highest BCUT2D eigenvalue weighted by Crippen LogP contribution is 2.27. The Hall–Kier alpha value is -2.78. The number of nitrogens with zero attached hydrogens (tertiary/aromatic N) is 2. The number of hydrogen-bond acceptors (Lipinski definition) is 4. The summed E-state index contributed by atoms with van der Waals surface area (Å²) in [4.78, 5) is 28.7. The molecule has 0 radical (unpaired) electrons. The number of aryl methyl sites for hydroxylation is 1. The number of carbonyl (C=O) groups is 2. The van der Waals surface area contributed by atoms with E-state index in [1.165, 1.54) is 11.0 Å². The highest BCUT2D eigenvalue weighted by molar-refractivity contribution is 7.92. The molecule has 11 heteroatoms. The number of halogens is 3. The molecule has 7 nitrogen and oxygen atoms in total. The Morgan fingerprint density at radius 2 is 1.64 bits per heavy atom. The predicted molar refractivity (Wildman–Crippen MR) is 158 cm³/mol. The van der Waals surface area contributed by atoms with Crippen LogP contribution in [-0.4, -0.2) is 50.5 Å². The van der Waals surface area contributed by atoms with Crippen molar-refractivity contribution >= 4 is 62.3 Å². The zero-order chi connectivity index (χ0) is 28.7. The Morgan fingerprint density at radius 1 is 0.949 bits per heavy atom. The van der Waals surface area contributed by atoms with Crippen LogP contribution in [-0.2, 0) is 32.6 Å². The van der Waals surface area contributed by atoms with E-state index in [0.717, 1.165) is 21.7 Å². The maximum Gasteiger partial charge on any atom is 0.244 e. The van der Waals surface area contributed by atoms with Crippen LogP contribution in [0.3, 0.4) is 0 Å². The van der Waals surface area contributed by atoms with Crippen LogP contribution in [0.2, 0.25) is 15.1 Å². The average Bonchev–Trinajstić information content (AvgIpc) is 2.87. The van der Waals surface area contributed by atoms with Crippen molar-refractivity contribution in [2.75, 3.05) is 23.7 Å². The molecule has 0 fully saturated rings. The lowest BCUT2D eigenvalue weighted by Gasteiger charge is -2.33. The lowest BCUT2D eigenvalue weighted by molar-refractivity contribution is -0.140. The lowest BCUT2D eigenvalue weighted by atomic mass is 10.0. The molecule has 0 heterocycles. The van der Waals surface area contributed by atoms with E-state index in [2.05, 4.69) is 5.32 Å². The summed E-state index contributed by atoms with van der Waals surface area (Å²) in [5.41, 5.74) is 2.39. The summed E-state index contributed by atoms with van der Waals surface area (Å²) < 4.78 is 26.6. The molecule has 1 atom stereocenters. The van der Waals surface area contributed by atoms with Crippen molar-refractivity contribution in [1.82, 2.24) is 10.2 Å². The first kappa shape index (κ1) is 30.8. The van der Waals surface area contributed by atoms with E-state index in [9.17, 15) is 18.0 Å². The number of rotatable bonds is 11. The van der Waals surface area contributed by atoms with Crippen LogP contribution < -0.4 is 9.62 Å². The number of hydrogen-bond donors (Lipinski definition) is 1. The zero-order valence-electron chi connectivity index (χ0n) is 21.8. The van der Waals surface area contributed by atoms with E-state index in [1.807, 2.05) is 30.3 Å². The maximum absolute atomic E-state index is 14.0. The van der Waals surface area contributed by atoms with Crippen molar-refractivity contribution in [3.05, 3.63) is 98.5 Å². The third kappa shape index (κ3) is 8.35. The van der Waals surface area contributed by atoms with Crippen LogP contribution in [0.25, 0.3) is 0 Å². The molecule has 0 aliphatic carbocycles. The Bertz CT molecular complexity index is 1440. The van der Waals surface area contributed by atoms with Gasteiger partial charge < -0.3 is 10.2 Å². The summed E-state index contributed by atoms with van der Waals surface area (Å²) in [6.07, 6.45) is 1.22. The van der Waals surface area contributed by atoms with Gasteiger partial charge in [-0.05, 0) is 54.8 Å². The van der Waals surface area contributed by atoms with E-state index < -0.39 is 28.5 Å². The van der Waals surface area contributed by atoms with Crippen LogP contribution in [0.4, 0.5) is 5.69 Å². The SMILES string of the molecule is CCNC(=O)[C@@H](Cc1ccccc1)N(Cc1ccc(Cl)cc1Cl)C(=O)CN(c1ccc(C)c(Cl)c1)S(C)(=O)=O. The normalized spacial score (nSPS) is 12.1. The van der Waals surface area contributed by atoms with Gasteiger partial charge in [-0.25, -0.2) is 8.42 Å². The standard InChI is InChI=1S/C28H30Cl3N3O4S/c1-4-32-28(36)26(14-20-8-6-5-7-9-20)33(17-21-11-12-22(29)15-25(21)31)27(35)18-34(39(3,37)38)23-13-10-19(2)24(30)16-23/h5-13,15-16,26H,4,14,17-18H2,1-3H3,(H,32,36)/t26-/m1/s1. The van der Waals surface area contributed by atoms with Crippen molar-refractivity contribution in [2.24, 2.45) is 0 Å². The molecule has 0 aliphatic heterocycles. The zero-order valence-corrected chi connectivity index (χ0v) is 24.9. The number of likely N-dealkylation sites (N-methyl/N-ethyl adjacent to an activating group) is 1. The molecule has 3 aromatic carbocycles. The van der Waals surface area contributed by atoms with Crippen molar-refractivity contribution in [3.63, 3.8) is 0 Å². The molecule has 3 aromatic rings. The molecular weight excluding hydrogens is 581 g/mol. The van der Waals surface area contributed by atoms with Crippen molar-refractivity contribution in [2.45, 2.75) is 32.9 Å². The van der Waals surface area contributed by atoms with Gasteiger partial charge in [0.1, 0.15) is 12.6 Å². The fraction of sp³-hybridized carbons (Fsp3) is 0.286. The third-order valence-corrected chi connectivity index (χ3v) is 8.24. The van der Waals surface area contributed by atoms with Crippen molar-refractivity contribution in [1.29, 1.82) is 0 Å². The second-order valence-corrected chi connectivity index (χ2v) is 12.2. The van der Waals surface area contributed by atoms with Crippen molar-refractivity contribution < 1.29 is 18.0 Å². The Morgan fingerprint density at radius 3 is 2.23 bits per heavy atom. The summed E-state index contributed by atoms with van der Waals surface area (Å²) >= 11 is 18.8. The number of carbonyl (C=O) groups excluding carboxylic acids is 2. The smallest absolute Gasteiger partial charge is 0.244 e. The summed E-state index contributed by atoms with van der Waals surface area (Å²) in [6.45, 7) is 3.33. The average molecular weight is 611 g/mol. The van der Waals surface area contributed by atoms with Gasteiger partial charge in [0.2, 0.25) is 21.8 Å². The minimum atomic E-state index is -3.89. The van der Waals surface area contributed by atoms with Crippen LogP contribution in [0, 0.1) is 6.92 Å². The minimum absolute atomic E-state index is 0.0459. The third-order valence-electron chi connectivity index (χ3n) is 6.10. The molecular formula is C28H30Cl3N3O4S. The number of anilines is 1. The predicted octanol–water partition coefficient (Wildman–Crippen LogP) is 5.50. The largest absolute Gasteiger partial charge is 0.355 e. The lowest BCUT2D eigenvalue weighted by Crippen LogP contribution is -2.53. The monoisotopic (exact) mass is 609 g/mol. The molecule has 0 saturated heterocycles. The number of amides is 2. The van der Waals surface area contributed by atoms with Gasteiger partial charge in [0, 0.05) is 34.6 Å². The van der Waals surface area contributed by atoms with Crippen LogP contribution in [0.15, 0.2) is 66.7 Å². The van der Waals surface area contributed by atoms with Crippen LogP contribution in [0.5, 0.6) is 0 Å². The Balaban J connectivity index is 2.07. The number of nitrogens with one attached hydrogen (secondary N) is 1. The van der Waals surface area contributed by atoms with Gasteiger partial charge in [-0.3, -0.25) is 13.9 Å². The van der Waals surface area contributed by atoms with Gasteiger partial charge in [-0.1, -0.05) is 77.3 Å². The fourth-order valence-corrected chi connectivity index (χ4v) is 5.51. The molecule has 0 aliphatic rings. The van der Waals surface area contributed by atoms with Gasteiger partial charge >= 0.3 is 0 Å². The van der Waals surface area contributed by atoms with Crippen LogP contribution >= 0.6 is 34.8 Å². The second-order valence-electron chi connectivity index (χ2n) is 9.06. The van der Waals surface area contributed by atoms with E-state index in [4.69, 9.17) is 34.8 Å². The van der Waals surface area contributed by atoms with Crippen LogP contribution in [0.1, 0.15) is 23.6 Å². The van der Waals surface area contributed by atoms with Crippen molar-refractivity contribution in [3.8, 4) is 0 Å². The first-order chi connectivity index (χ1) is 18.4. The minimum Gasteiger partial charge on any atom is -0.355 e. The van der Waals surface area contributed by atoms with Gasteiger partial charge in [0.15, 0.2) is 0 Å². The fourth-order valence-electron chi connectivity index (χ4n) is 4.03. The molecule has 2 amide bonds. The first-order valence-corrected chi connectivity index (χ1v) is 15.2. The first-order valence-electron chi connectivity index (χ1n) is 12.2. The summed E-state index contributed by atoms with van der Waals surface area (Å²) in [7, 11) is -3.89. The molecule has 0 spiro atoms. The van der Waals surface area contributed by atoms with E-state index in [1.54, 1.807) is 44.2 Å². The Labute approximate surface area is 244 Å².